The van der Waals surface area contributed by atoms with Crippen LogP contribution in [-0.2, 0) is 82.6 Å². The Morgan fingerprint density at radius 2 is 1.14 bits per heavy atom. The number of carbonyl (C=O) groups is 7. The fourth-order valence-corrected chi connectivity index (χ4v) is 5.11. The number of ether oxygens (including phenoxy) is 10. The summed E-state index contributed by atoms with van der Waals surface area (Å²) in [5.74, 6) is -8.53. The molecule has 0 saturated carbocycles. The maximum atomic E-state index is 14.0. The normalized spacial score (nSPS) is 11.6. The minimum atomic E-state index is -4.25. The third-order valence-electron chi connectivity index (χ3n) is 8.62. The minimum absolute atomic E-state index is 0.00970. The van der Waals surface area contributed by atoms with Crippen LogP contribution in [0, 0.1) is 17.8 Å². The van der Waals surface area contributed by atoms with E-state index in [1.54, 1.807) is 6.92 Å². The molecule has 0 spiro atoms. The number of hydrogen-bond acceptors (Lipinski definition) is 17. The van der Waals surface area contributed by atoms with Crippen LogP contribution in [0.2, 0.25) is 0 Å². The van der Waals surface area contributed by atoms with Crippen molar-refractivity contribution in [2.45, 2.75) is 51.6 Å². The predicted molar refractivity (Wildman–Crippen MR) is 219 cm³/mol. The van der Waals surface area contributed by atoms with Crippen LogP contribution >= 0.6 is 0 Å². The lowest BCUT2D eigenvalue weighted by Gasteiger charge is -2.35. The van der Waals surface area contributed by atoms with Gasteiger partial charge in [0.2, 0.25) is 0 Å². The van der Waals surface area contributed by atoms with Gasteiger partial charge in [0.1, 0.15) is 46.2 Å². The van der Waals surface area contributed by atoms with E-state index in [0.29, 0.717) is 11.1 Å². The topological polar surface area (TPSA) is 224 Å². The summed E-state index contributed by atoms with van der Waals surface area (Å²) in [5, 5.41) is 2.24. The predicted octanol–water partition coefficient (Wildman–Crippen LogP) is 5.16. The molecule has 1 aromatic rings. The molecule has 1 rings (SSSR count). The van der Waals surface area contributed by atoms with Crippen molar-refractivity contribution in [1.82, 2.24) is 0 Å². The van der Waals surface area contributed by atoms with Gasteiger partial charge in [0.15, 0.2) is 6.61 Å². The Bertz CT molecular complexity index is 1770. The monoisotopic (exact) mass is 933 g/mol. The number of carbonyl (C=O) groups excluding carboxylic acids is 7. The van der Waals surface area contributed by atoms with E-state index < -0.39 is 124 Å². The first-order valence-corrected chi connectivity index (χ1v) is 19.6. The molecule has 0 heterocycles. The molecule has 0 saturated heterocycles. The number of nitrogens with one attached hydrogen (secondary N) is 1. The van der Waals surface area contributed by atoms with E-state index >= 15 is 0 Å². The Morgan fingerprint density at radius 3 is 1.65 bits per heavy atom. The quantitative estimate of drug-likeness (QED) is 0.0316. The molecular formula is C43H55F4NO17. The van der Waals surface area contributed by atoms with Crippen LogP contribution in [0.25, 0.3) is 0 Å². The molecule has 65 heavy (non-hydrogen) atoms. The maximum Gasteiger partial charge on any atom is 0.411 e. The maximum absolute atomic E-state index is 14.0. The zero-order chi connectivity index (χ0) is 49.1. The van der Waals surface area contributed by atoms with Crippen LogP contribution < -0.4 is 5.32 Å². The molecule has 0 unspecified atom stereocenters. The van der Waals surface area contributed by atoms with Crippen molar-refractivity contribution in [3.8, 4) is 0 Å². The third-order valence-corrected chi connectivity index (χ3v) is 8.62. The largest absolute Gasteiger partial charge is 0.465 e. The van der Waals surface area contributed by atoms with Gasteiger partial charge >= 0.3 is 48.0 Å². The molecule has 0 fully saturated rings. The van der Waals surface area contributed by atoms with Crippen molar-refractivity contribution in [2.24, 2.45) is 10.8 Å². The molecule has 0 aliphatic rings. The molecule has 0 bridgehead atoms. The summed E-state index contributed by atoms with van der Waals surface area (Å²) in [6.45, 7) is 8.57. The first-order valence-electron chi connectivity index (χ1n) is 19.6. The number of aryl methyl sites for hydroxylation is 1. The highest BCUT2D eigenvalue weighted by atomic mass is 19.3. The molecule has 0 aliphatic heterocycles. The minimum Gasteiger partial charge on any atom is -0.465 e. The molecule has 1 aromatic carbocycles. The number of anilines is 1. The summed E-state index contributed by atoms with van der Waals surface area (Å²) < 4.78 is 106. The third kappa shape index (κ3) is 23.4. The Labute approximate surface area is 373 Å². The van der Waals surface area contributed by atoms with Gasteiger partial charge in [0.25, 0.3) is 5.92 Å². The highest BCUT2D eigenvalue weighted by molar-refractivity contribution is 5.86. The summed E-state index contributed by atoms with van der Waals surface area (Å²) in [5.41, 5.74) is -2.08. The molecule has 0 atom stereocenters. The van der Waals surface area contributed by atoms with E-state index in [2.05, 4.69) is 45.8 Å². The van der Waals surface area contributed by atoms with Crippen LogP contribution in [0.4, 0.5) is 28.0 Å². The van der Waals surface area contributed by atoms with E-state index in [-0.39, 0.29) is 44.6 Å². The highest BCUT2D eigenvalue weighted by Crippen LogP contribution is 2.30. The number of hydrogen-bond donors (Lipinski definition) is 1. The van der Waals surface area contributed by atoms with E-state index in [9.17, 15) is 51.1 Å². The first kappa shape index (κ1) is 56.9. The molecule has 362 valence electrons. The van der Waals surface area contributed by atoms with Gasteiger partial charge < -0.3 is 47.4 Å². The van der Waals surface area contributed by atoms with Crippen molar-refractivity contribution >= 4 is 47.6 Å². The second kappa shape index (κ2) is 28.6. The Hall–Kier alpha value is -6.13. The standard InChI is InChI=1S/C43H55F4NO17/c1-8-33(49)59-22-40(23-60-34(50)9-2,20-57-21-41(24-61-35(51)10-3,25-62-36(52)11-4)26-63-37(53)12-5)16-13-17-58-38(54)19-31-15-14-30(6)32(18-31)48-39(55)64-29-43(46,47)65-28-42(44,45)27-56-7/h8-11,14-15,18H,1-4,12-13,16-17,19-29H2,5-7H3,(H,48,55). The number of alkyl halides is 4. The van der Waals surface area contributed by atoms with Crippen LogP contribution in [0.15, 0.2) is 68.8 Å². The molecule has 0 aliphatic carbocycles. The molecular weight excluding hydrogens is 878 g/mol. The SMILES string of the molecule is C=CC(=O)OCC(CCCOC(=O)Cc1ccc(C)c(NC(=O)OCC(F)(F)OCC(F)(F)COC)c1)(COCC(COC(=O)C=C)(COC(=O)C=C)COC(=O)CC)COC(=O)C=C. The van der Waals surface area contributed by atoms with Crippen molar-refractivity contribution in [2.75, 3.05) is 85.1 Å². The van der Waals surface area contributed by atoms with Gasteiger partial charge in [0, 0.05) is 43.5 Å². The van der Waals surface area contributed by atoms with Gasteiger partial charge in [-0.15, -0.1) is 0 Å². The smallest absolute Gasteiger partial charge is 0.411 e. The Morgan fingerprint density at radius 1 is 0.631 bits per heavy atom. The lowest BCUT2D eigenvalue weighted by molar-refractivity contribution is -0.283. The lowest BCUT2D eigenvalue weighted by Crippen LogP contribution is -2.45. The summed E-state index contributed by atoms with van der Waals surface area (Å²) in [6.07, 6.45) is -2.42. The average molecular weight is 934 g/mol. The zero-order valence-corrected chi connectivity index (χ0v) is 36.4. The molecule has 22 heteroatoms. The second-order valence-corrected chi connectivity index (χ2v) is 14.3. The van der Waals surface area contributed by atoms with Gasteiger partial charge in [-0.2, -0.15) is 8.78 Å². The fraction of sp³-hybridized carbons (Fsp3) is 0.512. The van der Waals surface area contributed by atoms with Gasteiger partial charge in [-0.1, -0.05) is 45.4 Å². The summed E-state index contributed by atoms with van der Waals surface area (Å²) in [4.78, 5) is 86.0. The van der Waals surface area contributed by atoms with Crippen LogP contribution in [0.3, 0.4) is 0 Å². The number of benzene rings is 1. The molecule has 1 amide bonds. The van der Waals surface area contributed by atoms with E-state index in [1.807, 2.05) is 0 Å². The first-order chi connectivity index (χ1) is 30.6. The molecule has 1 N–H and O–H groups in total. The van der Waals surface area contributed by atoms with Crippen molar-refractivity contribution in [1.29, 1.82) is 0 Å². The number of esters is 6. The van der Waals surface area contributed by atoms with Crippen molar-refractivity contribution < 1.29 is 98.5 Å². The van der Waals surface area contributed by atoms with Gasteiger partial charge in [-0.3, -0.25) is 14.9 Å². The van der Waals surface area contributed by atoms with Gasteiger partial charge in [-0.05, 0) is 37.0 Å². The van der Waals surface area contributed by atoms with Crippen molar-refractivity contribution in [3.63, 3.8) is 0 Å². The Kier molecular flexibility index (Phi) is 25.0. The number of amides is 1. The molecule has 0 aromatic heterocycles. The van der Waals surface area contributed by atoms with Crippen LogP contribution in [0.5, 0.6) is 0 Å². The van der Waals surface area contributed by atoms with Crippen molar-refractivity contribution in [3.05, 3.63) is 79.9 Å². The molecule has 18 nitrogen and oxygen atoms in total. The summed E-state index contributed by atoms with van der Waals surface area (Å²) >= 11 is 0. The van der Waals surface area contributed by atoms with E-state index in [0.717, 1.165) is 31.4 Å². The van der Waals surface area contributed by atoms with Crippen LogP contribution in [-0.4, -0.2) is 134 Å². The highest BCUT2D eigenvalue weighted by Gasteiger charge is 2.41. The van der Waals surface area contributed by atoms with Gasteiger partial charge in [-0.25, -0.2) is 32.8 Å². The summed E-state index contributed by atoms with van der Waals surface area (Å²) in [6, 6.07) is 4.38. The second-order valence-electron chi connectivity index (χ2n) is 14.3. The summed E-state index contributed by atoms with van der Waals surface area (Å²) in [7, 11) is 0.950. The lowest BCUT2D eigenvalue weighted by atomic mass is 9.85. The van der Waals surface area contributed by atoms with Crippen LogP contribution in [0.1, 0.15) is 37.3 Å². The van der Waals surface area contributed by atoms with E-state index in [4.69, 9.17) is 33.2 Å². The van der Waals surface area contributed by atoms with E-state index in [1.165, 1.54) is 25.1 Å². The number of rotatable bonds is 33. The number of halogens is 4. The zero-order valence-electron chi connectivity index (χ0n) is 36.4. The Balaban J connectivity index is 3.18. The number of methoxy groups -OCH3 is 1. The average Bonchev–Trinajstić information content (AvgIpc) is 3.28. The molecule has 0 radical (unpaired) electrons. The van der Waals surface area contributed by atoms with Gasteiger partial charge in [0.05, 0.1) is 37.1 Å². The fourth-order valence-electron chi connectivity index (χ4n) is 5.11.